The van der Waals surface area contributed by atoms with Crippen LogP contribution in [0.3, 0.4) is 0 Å². The molecule has 0 aliphatic carbocycles. The van der Waals surface area contributed by atoms with Crippen molar-refractivity contribution in [1.82, 2.24) is 29.3 Å². The molecule has 0 radical (unpaired) electrons. The van der Waals surface area contributed by atoms with Crippen molar-refractivity contribution in [2.75, 3.05) is 13.1 Å². The first-order chi connectivity index (χ1) is 12.1. The van der Waals surface area contributed by atoms with Gasteiger partial charge in [0, 0.05) is 31.8 Å². The normalized spacial score (nSPS) is 17.0. The van der Waals surface area contributed by atoms with E-state index in [0.717, 1.165) is 11.1 Å². The van der Waals surface area contributed by atoms with E-state index in [0.29, 0.717) is 31.1 Å². The molecule has 1 amide bonds. The maximum atomic E-state index is 11.6. The van der Waals surface area contributed by atoms with Gasteiger partial charge < -0.3 is 9.64 Å². The summed E-state index contributed by atoms with van der Waals surface area (Å²) in [5.74, 6) is 2.32. The lowest BCUT2D eigenvalue weighted by Crippen LogP contribution is -2.29. The number of fused-ring (bicyclic) bond motifs is 1. The zero-order valence-corrected chi connectivity index (χ0v) is 13.7. The second-order valence-electron chi connectivity index (χ2n) is 5.92. The lowest BCUT2D eigenvalue weighted by molar-refractivity contribution is -0.124. The molecule has 0 bridgehead atoms. The number of hydrogen-bond acceptors (Lipinski definition) is 5. The molecular formula is C17H16N6O2. The summed E-state index contributed by atoms with van der Waals surface area (Å²) in [7, 11) is 1.85. The monoisotopic (exact) mass is 336 g/mol. The van der Waals surface area contributed by atoms with E-state index in [-0.39, 0.29) is 12.0 Å². The third-order valence-electron chi connectivity index (χ3n) is 4.19. The standard InChI is InChI=1S/C17H16N6O2/c1-3-16(24)22-7-5-13(10-22)25-17-15-4-6-18-23(15)11-14(20-17)12-8-19-21(2)9-12/h1,4,6,8-9,11,13H,5,7,10H2,2H3. The quantitative estimate of drug-likeness (QED) is 0.660. The van der Waals surface area contributed by atoms with Crippen LogP contribution >= 0.6 is 0 Å². The number of amides is 1. The third kappa shape index (κ3) is 2.80. The molecule has 0 spiro atoms. The molecular weight excluding hydrogens is 320 g/mol. The molecule has 4 heterocycles. The van der Waals surface area contributed by atoms with Gasteiger partial charge in [0.1, 0.15) is 11.6 Å². The number of ether oxygens (including phenoxy) is 1. The Hall–Kier alpha value is -3.34. The van der Waals surface area contributed by atoms with Crippen molar-refractivity contribution < 1.29 is 9.53 Å². The molecule has 0 saturated carbocycles. The largest absolute Gasteiger partial charge is 0.471 e. The van der Waals surface area contributed by atoms with Crippen LogP contribution in [0.5, 0.6) is 5.88 Å². The Labute approximate surface area is 144 Å². The minimum Gasteiger partial charge on any atom is -0.471 e. The van der Waals surface area contributed by atoms with Crippen LogP contribution in [0.2, 0.25) is 0 Å². The molecule has 1 atom stereocenters. The number of likely N-dealkylation sites (tertiary alicyclic amines) is 1. The van der Waals surface area contributed by atoms with E-state index in [2.05, 4.69) is 21.1 Å². The van der Waals surface area contributed by atoms with Crippen LogP contribution in [0, 0.1) is 12.3 Å². The van der Waals surface area contributed by atoms with E-state index in [1.54, 1.807) is 26.5 Å². The van der Waals surface area contributed by atoms with E-state index in [4.69, 9.17) is 11.2 Å². The van der Waals surface area contributed by atoms with Gasteiger partial charge in [0.25, 0.3) is 5.91 Å². The highest BCUT2D eigenvalue weighted by Gasteiger charge is 2.28. The van der Waals surface area contributed by atoms with Gasteiger partial charge in [0.2, 0.25) is 5.88 Å². The molecule has 3 aromatic heterocycles. The minimum absolute atomic E-state index is 0.146. The number of terminal acetylenes is 1. The fourth-order valence-electron chi connectivity index (χ4n) is 2.94. The Balaban J connectivity index is 1.64. The number of hydrogen-bond donors (Lipinski definition) is 0. The van der Waals surface area contributed by atoms with E-state index >= 15 is 0 Å². The summed E-state index contributed by atoms with van der Waals surface area (Å²) >= 11 is 0. The number of aromatic nitrogens is 5. The Morgan fingerprint density at radius 2 is 2.28 bits per heavy atom. The minimum atomic E-state index is -0.308. The Morgan fingerprint density at radius 1 is 1.40 bits per heavy atom. The van der Waals surface area contributed by atoms with Gasteiger partial charge in [-0.25, -0.2) is 9.50 Å². The summed E-state index contributed by atoms with van der Waals surface area (Å²) in [6, 6.07) is 1.84. The molecule has 8 nitrogen and oxygen atoms in total. The number of nitrogens with zero attached hydrogens (tertiary/aromatic N) is 6. The molecule has 4 rings (SSSR count). The second-order valence-corrected chi connectivity index (χ2v) is 5.92. The van der Waals surface area contributed by atoms with E-state index in [1.165, 1.54) is 0 Å². The topological polar surface area (TPSA) is 77.6 Å². The van der Waals surface area contributed by atoms with E-state index < -0.39 is 0 Å². The van der Waals surface area contributed by atoms with Crippen molar-refractivity contribution >= 4 is 11.4 Å². The summed E-state index contributed by atoms with van der Waals surface area (Å²) in [4.78, 5) is 17.9. The molecule has 126 valence electrons. The highest BCUT2D eigenvalue weighted by atomic mass is 16.5. The van der Waals surface area contributed by atoms with Crippen LogP contribution in [-0.4, -0.2) is 54.4 Å². The molecule has 0 N–H and O–H groups in total. The molecule has 8 heteroatoms. The van der Waals surface area contributed by atoms with Gasteiger partial charge in [-0.3, -0.25) is 9.48 Å². The van der Waals surface area contributed by atoms with E-state index in [1.807, 2.05) is 25.5 Å². The van der Waals surface area contributed by atoms with Crippen molar-refractivity contribution in [2.45, 2.75) is 12.5 Å². The van der Waals surface area contributed by atoms with Crippen molar-refractivity contribution in [3.05, 3.63) is 30.9 Å². The lowest BCUT2D eigenvalue weighted by atomic mass is 10.2. The lowest BCUT2D eigenvalue weighted by Gasteiger charge is -2.15. The average Bonchev–Trinajstić information content (AvgIpc) is 3.34. The fourth-order valence-corrected chi connectivity index (χ4v) is 2.94. The Kier molecular flexibility index (Phi) is 3.61. The predicted octanol–water partition coefficient (Wildman–Crippen LogP) is 0.743. The molecule has 0 aromatic carbocycles. The summed E-state index contributed by atoms with van der Waals surface area (Å²) in [5, 5.41) is 8.46. The highest BCUT2D eigenvalue weighted by Crippen LogP contribution is 2.26. The van der Waals surface area contributed by atoms with Crippen LogP contribution in [0.25, 0.3) is 16.8 Å². The van der Waals surface area contributed by atoms with Gasteiger partial charge in [-0.2, -0.15) is 10.2 Å². The molecule has 1 saturated heterocycles. The van der Waals surface area contributed by atoms with Crippen LogP contribution in [-0.2, 0) is 11.8 Å². The molecule has 25 heavy (non-hydrogen) atoms. The van der Waals surface area contributed by atoms with Crippen LogP contribution in [0.1, 0.15) is 6.42 Å². The van der Waals surface area contributed by atoms with Gasteiger partial charge >= 0.3 is 0 Å². The Bertz CT molecular complexity index is 983. The number of carbonyl (C=O) groups excluding carboxylic acids is 1. The molecule has 1 unspecified atom stereocenters. The van der Waals surface area contributed by atoms with Gasteiger partial charge in [-0.05, 0) is 12.0 Å². The molecule has 1 aliphatic rings. The zero-order valence-electron chi connectivity index (χ0n) is 13.7. The smallest absolute Gasteiger partial charge is 0.298 e. The van der Waals surface area contributed by atoms with E-state index in [9.17, 15) is 4.79 Å². The van der Waals surface area contributed by atoms with Gasteiger partial charge in [0.05, 0.1) is 30.8 Å². The fraction of sp³-hybridized carbons (Fsp3) is 0.294. The number of rotatable bonds is 3. The summed E-state index contributed by atoms with van der Waals surface area (Å²) in [6.45, 7) is 1.05. The van der Waals surface area contributed by atoms with Crippen LogP contribution in [0.15, 0.2) is 30.9 Å². The average molecular weight is 336 g/mol. The maximum absolute atomic E-state index is 11.6. The summed E-state index contributed by atoms with van der Waals surface area (Å²) < 4.78 is 9.52. The molecule has 1 aliphatic heterocycles. The van der Waals surface area contributed by atoms with Crippen molar-refractivity contribution in [2.24, 2.45) is 7.05 Å². The Morgan fingerprint density at radius 3 is 3.04 bits per heavy atom. The van der Waals surface area contributed by atoms with Gasteiger partial charge in [0.15, 0.2) is 0 Å². The van der Waals surface area contributed by atoms with Crippen LogP contribution in [0.4, 0.5) is 0 Å². The number of aryl methyl sites for hydroxylation is 1. The van der Waals surface area contributed by atoms with Gasteiger partial charge in [-0.15, -0.1) is 6.42 Å². The highest BCUT2D eigenvalue weighted by molar-refractivity contribution is 5.93. The second kappa shape index (κ2) is 5.94. The van der Waals surface area contributed by atoms with Crippen LogP contribution < -0.4 is 4.74 Å². The SMILES string of the molecule is C#CC(=O)N1CCC(Oc2nc(-c3cnn(C)c3)cn3nccc23)C1. The zero-order chi connectivity index (χ0) is 17.4. The summed E-state index contributed by atoms with van der Waals surface area (Å²) in [5.41, 5.74) is 2.36. The first-order valence-corrected chi connectivity index (χ1v) is 7.89. The first kappa shape index (κ1) is 15.2. The summed E-state index contributed by atoms with van der Waals surface area (Å²) in [6.07, 6.45) is 12.9. The first-order valence-electron chi connectivity index (χ1n) is 7.89. The maximum Gasteiger partial charge on any atom is 0.298 e. The van der Waals surface area contributed by atoms with Crippen molar-refractivity contribution in [3.8, 4) is 29.5 Å². The van der Waals surface area contributed by atoms with Crippen molar-refractivity contribution in [1.29, 1.82) is 0 Å². The predicted molar refractivity (Wildman–Crippen MR) is 89.6 cm³/mol. The van der Waals surface area contributed by atoms with Crippen molar-refractivity contribution in [3.63, 3.8) is 0 Å². The third-order valence-corrected chi connectivity index (χ3v) is 4.19. The number of carbonyl (C=O) groups is 1. The molecule has 3 aromatic rings. The van der Waals surface area contributed by atoms with Gasteiger partial charge in [-0.1, -0.05) is 0 Å². The molecule has 1 fully saturated rings.